The van der Waals surface area contributed by atoms with Gasteiger partial charge in [0.05, 0.1) is 10.6 Å². The smallest absolute Gasteiger partial charge is 0.294 e. The molecule has 0 saturated heterocycles. The van der Waals surface area contributed by atoms with Crippen LogP contribution in [0.25, 0.3) is 0 Å². The number of ketones is 1. The Hall–Kier alpha value is -1.03. The van der Waals surface area contributed by atoms with E-state index >= 15 is 0 Å². The molecule has 0 atom stereocenters. The molecular formula is C12H12ClF3O. The molecule has 0 fully saturated rings. The summed E-state index contributed by atoms with van der Waals surface area (Å²) in [5.41, 5.74) is -2.34. The van der Waals surface area contributed by atoms with Crippen LogP contribution in [0.2, 0.25) is 5.02 Å². The molecule has 0 aromatic heterocycles. The van der Waals surface area contributed by atoms with Gasteiger partial charge in [-0.3, -0.25) is 4.79 Å². The molecule has 1 rings (SSSR count). The minimum absolute atomic E-state index is 0.167. The van der Waals surface area contributed by atoms with Crippen molar-refractivity contribution in [3.8, 4) is 0 Å². The first-order valence-electron chi connectivity index (χ1n) is 4.95. The molecule has 0 saturated carbocycles. The zero-order valence-electron chi connectivity index (χ0n) is 9.65. The van der Waals surface area contributed by atoms with Crippen molar-refractivity contribution in [2.75, 3.05) is 0 Å². The van der Waals surface area contributed by atoms with Crippen molar-refractivity contribution in [1.29, 1.82) is 0 Å². The zero-order valence-corrected chi connectivity index (χ0v) is 10.4. The first-order chi connectivity index (χ1) is 7.55. The molecule has 5 heteroatoms. The molecule has 0 heterocycles. The Morgan fingerprint density at radius 3 is 2.12 bits per heavy atom. The second kappa shape index (κ2) is 4.33. The molecule has 0 aliphatic rings. The molecule has 0 aliphatic heterocycles. The average molecular weight is 265 g/mol. The van der Waals surface area contributed by atoms with E-state index in [4.69, 9.17) is 11.6 Å². The van der Waals surface area contributed by atoms with E-state index in [1.165, 1.54) is 12.1 Å². The van der Waals surface area contributed by atoms with Gasteiger partial charge in [-0.2, -0.15) is 13.2 Å². The Morgan fingerprint density at radius 2 is 1.71 bits per heavy atom. The predicted octanol–water partition coefficient (Wildman–Crippen LogP) is 4.59. The lowest BCUT2D eigenvalue weighted by Crippen LogP contribution is -2.24. The van der Waals surface area contributed by atoms with Crippen LogP contribution < -0.4 is 0 Å². The van der Waals surface area contributed by atoms with Crippen LogP contribution in [0.3, 0.4) is 0 Å². The highest BCUT2D eigenvalue weighted by molar-refractivity contribution is 6.34. The first-order valence-corrected chi connectivity index (χ1v) is 5.33. The summed E-state index contributed by atoms with van der Waals surface area (Å²) in [6.45, 7) is 4.66. The van der Waals surface area contributed by atoms with E-state index in [0.29, 0.717) is 0 Å². The fourth-order valence-electron chi connectivity index (χ4n) is 1.37. The summed E-state index contributed by atoms with van der Waals surface area (Å²) < 4.78 is 38.3. The van der Waals surface area contributed by atoms with Crippen molar-refractivity contribution in [3.63, 3.8) is 0 Å². The quantitative estimate of drug-likeness (QED) is 0.678. The van der Waals surface area contributed by atoms with Gasteiger partial charge in [0.15, 0.2) is 5.78 Å². The summed E-state index contributed by atoms with van der Waals surface area (Å²) in [4.78, 5) is 12.0. The molecule has 1 nitrogen and oxygen atoms in total. The van der Waals surface area contributed by atoms with E-state index in [1.807, 2.05) is 0 Å². The summed E-state index contributed by atoms with van der Waals surface area (Å²) in [6, 6.07) is 3.34. The summed E-state index contributed by atoms with van der Waals surface area (Å²) >= 11 is 5.72. The van der Waals surface area contributed by atoms with Crippen LogP contribution in [-0.2, 0) is 6.18 Å². The van der Waals surface area contributed by atoms with Gasteiger partial charge in [0.25, 0.3) is 0 Å². The molecule has 0 unspecified atom stereocenters. The van der Waals surface area contributed by atoms with Crippen molar-refractivity contribution in [2.45, 2.75) is 26.9 Å². The van der Waals surface area contributed by atoms with E-state index in [0.717, 1.165) is 6.07 Å². The number of hydrogen-bond donors (Lipinski definition) is 0. The van der Waals surface area contributed by atoms with Crippen LogP contribution in [0, 0.1) is 5.41 Å². The average Bonchev–Trinajstić information content (AvgIpc) is 2.13. The van der Waals surface area contributed by atoms with Crippen molar-refractivity contribution in [3.05, 3.63) is 34.3 Å². The Bertz CT molecular complexity index is 444. The van der Waals surface area contributed by atoms with Crippen LogP contribution in [0.5, 0.6) is 0 Å². The van der Waals surface area contributed by atoms with Crippen molar-refractivity contribution in [2.24, 2.45) is 5.41 Å². The summed E-state index contributed by atoms with van der Waals surface area (Å²) in [5, 5.41) is -0.167. The topological polar surface area (TPSA) is 17.1 Å². The normalized spacial score (nSPS) is 12.6. The number of carbonyl (C=O) groups is 1. The highest BCUT2D eigenvalue weighted by Crippen LogP contribution is 2.37. The lowest BCUT2D eigenvalue weighted by molar-refractivity contribution is -0.138. The standard InChI is InChI=1S/C12H12ClF3O/c1-11(2,3)10(17)9-7(12(14,15)16)5-4-6-8(9)13/h4-6H,1-3H3. The largest absolute Gasteiger partial charge is 0.417 e. The summed E-state index contributed by atoms with van der Waals surface area (Å²) in [7, 11) is 0. The number of alkyl halides is 3. The van der Waals surface area contributed by atoms with Crippen molar-refractivity contribution < 1.29 is 18.0 Å². The first kappa shape index (κ1) is 14.0. The number of Topliss-reactive ketones (excluding diaryl/α,β-unsaturated/α-hetero) is 1. The number of halogens is 4. The summed E-state index contributed by atoms with van der Waals surface area (Å²) in [6.07, 6.45) is -4.58. The van der Waals surface area contributed by atoms with Crippen molar-refractivity contribution in [1.82, 2.24) is 0 Å². The summed E-state index contributed by atoms with van der Waals surface area (Å²) in [5.74, 6) is -0.615. The lowest BCUT2D eigenvalue weighted by atomic mass is 9.84. The van der Waals surface area contributed by atoms with Crippen LogP contribution in [0.15, 0.2) is 18.2 Å². The second-order valence-electron chi connectivity index (χ2n) is 4.74. The highest BCUT2D eigenvalue weighted by Gasteiger charge is 2.38. The number of carbonyl (C=O) groups excluding carboxylic acids is 1. The van der Waals surface area contributed by atoms with E-state index < -0.39 is 28.5 Å². The second-order valence-corrected chi connectivity index (χ2v) is 5.15. The molecular weight excluding hydrogens is 253 g/mol. The maximum Gasteiger partial charge on any atom is 0.417 e. The third-order valence-corrected chi connectivity index (χ3v) is 2.54. The van der Waals surface area contributed by atoms with Crippen LogP contribution >= 0.6 is 11.6 Å². The fraction of sp³-hybridized carbons (Fsp3) is 0.417. The number of rotatable bonds is 1. The highest BCUT2D eigenvalue weighted by atomic mass is 35.5. The molecule has 1 aromatic carbocycles. The Kier molecular flexibility index (Phi) is 3.58. The van der Waals surface area contributed by atoms with Crippen LogP contribution in [0.1, 0.15) is 36.7 Å². The monoisotopic (exact) mass is 264 g/mol. The zero-order chi connectivity index (χ0) is 13.4. The van der Waals surface area contributed by atoms with Gasteiger partial charge in [-0.1, -0.05) is 38.4 Å². The molecule has 0 radical (unpaired) electrons. The molecule has 0 bridgehead atoms. The third kappa shape index (κ3) is 3.00. The molecule has 0 spiro atoms. The maximum atomic E-state index is 12.8. The van der Waals surface area contributed by atoms with Gasteiger partial charge >= 0.3 is 6.18 Å². The van der Waals surface area contributed by atoms with E-state index in [9.17, 15) is 18.0 Å². The minimum atomic E-state index is -4.58. The maximum absolute atomic E-state index is 12.8. The van der Waals surface area contributed by atoms with Gasteiger partial charge in [-0.25, -0.2) is 0 Å². The van der Waals surface area contributed by atoms with E-state index in [2.05, 4.69) is 0 Å². The molecule has 94 valence electrons. The van der Waals surface area contributed by atoms with Gasteiger partial charge in [-0.15, -0.1) is 0 Å². The molecule has 1 aromatic rings. The number of hydrogen-bond acceptors (Lipinski definition) is 1. The molecule has 0 N–H and O–H groups in total. The Labute approximate surface area is 103 Å². The van der Waals surface area contributed by atoms with E-state index in [-0.39, 0.29) is 5.02 Å². The Morgan fingerprint density at radius 1 is 1.18 bits per heavy atom. The fourth-order valence-corrected chi connectivity index (χ4v) is 1.63. The Balaban J connectivity index is 3.47. The van der Waals surface area contributed by atoms with Gasteiger partial charge in [0.2, 0.25) is 0 Å². The van der Waals surface area contributed by atoms with Gasteiger partial charge < -0.3 is 0 Å². The molecule has 17 heavy (non-hydrogen) atoms. The van der Waals surface area contributed by atoms with Crippen molar-refractivity contribution >= 4 is 17.4 Å². The molecule has 0 amide bonds. The van der Waals surface area contributed by atoms with Crippen LogP contribution in [0.4, 0.5) is 13.2 Å². The van der Waals surface area contributed by atoms with Gasteiger partial charge in [0.1, 0.15) is 0 Å². The van der Waals surface area contributed by atoms with Gasteiger partial charge in [-0.05, 0) is 12.1 Å². The van der Waals surface area contributed by atoms with Gasteiger partial charge in [0, 0.05) is 11.0 Å². The number of benzene rings is 1. The molecule has 0 aliphatic carbocycles. The van der Waals surface area contributed by atoms with Crippen LogP contribution in [-0.4, -0.2) is 5.78 Å². The minimum Gasteiger partial charge on any atom is -0.294 e. The van der Waals surface area contributed by atoms with E-state index in [1.54, 1.807) is 20.8 Å². The predicted molar refractivity (Wildman–Crippen MR) is 60.2 cm³/mol. The lowest BCUT2D eigenvalue weighted by Gasteiger charge is -2.21. The third-order valence-electron chi connectivity index (χ3n) is 2.23. The SMILES string of the molecule is CC(C)(C)C(=O)c1c(Cl)cccc1C(F)(F)F.